The number of hydrogen-bond acceptors (Lipinski definition) is 2. The third-order valence-corrected chi connectivity index (χ3v) is 4.24. The first-order valence-corrected chi connectivity index (χ1v) is 7.59. The summed E-state index contributed by atoms with van der Waals surface area (Å²) in [5, 5.41) is 0. The zero-order chi connectivity index (χ0) is 13.7. The Morgan fingerprint density at radius 2 is 2.16 bits per heavy atom. The summed E-state index contributed by atoms with van der Waals surface area (Å²) in [5.41, 5.74) is 1.40. The number of methoxy groups -OCH3 is 1. The van der Waals surface area contributed by atoms with E-state index in [1.807, 2.05) is 6.07 Å². The third kappa shape index (κ3) is 3.97. The summed E-state index contributed by atoms with van der Waals surface area (Å²) in [4.78, 5) is 2.68. The maximum absolute atomic E-state index is 5.30. The van der Waals surface area contributed by atoms with Crippen LogP contribution in [0.15, 0.2) is 24.3 Å². The normalized spacial score (nSPS) is 20.7. The maximum Gasteiger partial charge on any atom is 0.119 e. The summed E-state index contributed by atoms with van der Waals surface area (Å²) in [6.07, 6.45) is 6.55. The highest BCUT2D eigenvalue weighted by atomic mass is 16.5. The van der Waals surface area contributed by atoms with Crippen LogP contribution in [-0.4, -0.2) is 30.6 Å². The van der Waals surface area contributed by atoms with Crippen LogP contribution in [0.2, 0.25) is 0 Å². The van der Waals surface area contributed by atoms with E-state index < -0.39 is 0 Å². The summed E-state index contributed by atoms with van der Waals surface area (Å²) in [7, 11) is 1.74. The van der Waals surface area contributed by atoms with E-state index in [0.717, 1.165) is 18.2 Å². The minimum atomic E-state index is 0.676. The summed E-state index contributed by atoms with van der Waals surface area (Å²) in [5.74, 6) is 0.974. The van der Waals surface area contributed by atoms with Gasteiger partial charge in [-0.25, -0.2) is 0 Å². The molecule has 0 radical (unpaired) electrons. The lowest BCUT2D eigenvalue weighted by atomic mass is 9.94. The summed E-state index contributed by atoms with van der Waals surface area (Å²) >= 11 is 0. The van der Waals surface area contributed by atoms with Crippen LogP contribution in [0.5, 0.6) is 5.75 Å². The molecule has 2 heteroatoms. The highest BCUT2D eigenvalue weighted by Crippen LogP contribution is 2.24. The van der Waals surface area contributed by atoms with E-state index in [1.54, 1.807) is 7.11 Å². The molecule has 0 saturated carbocycles. The molecule has 1 saturated heterocycles. The average Bonchev–Trinajstić information content (AvgIpc) is 2.45. The zero-order valence-electron chi connectivity index (χ0n) is 12.6. The van der Waals surface area contributed by atoms with Crippen LogP contribution < -0.4 is 4.74 Å². The fourth-order valence-corrected chi connectivity index (χ4v) is 3.17. The van der Waals surface area contributed by atoms with Crippen molar-refractivity contribution in [2.45, 2.75) is 58.0 Å². The van der Waals surface area contributed by atoms with E-state index in [2.05, 4.69) is 36.9 Å². The van der Waals surface area contributed by atoms with Crippen LogP contribution in [-0.2, 0) is 6.42 Å². The standard InChI is InChI=1S/C17H27NO/c1-14(2)18-12-5-4-8-16(18)11-10-15-7-6-9-17(13-15)19-3/h6-7,9,13-14,16H,4-5,8,10-12H2,1-3H3. The van der Waals surface area contributed by atoms with Gasteiger partial charge in [0, 0.05) is 12.1 Å². The van der Waals surface area contributed by atoms with Crippen LogP contribution in [0.25, 0.3) is 0 Å². The number of ether oxygens (including phenoxy) is 1. The Morgan fingerprint density at radius 1 is 1.32 bits per heavy atom. The van der Waals surface area contributed by atoms with Gasteiger partial charge < -0.3 is 4.74 Å². The van der Waals surface area contributed by atoms with Gasteiger partial charge in [0.15, 0.2) is 0 Å². The molecular formula is C17H27NO. The molecule has 0 amide bonds. The zero-order valence-corrected chi connectivity index (χ0v) is 12.6. The summed E-state index contributed by atoms with van der Waals surface area (Å²) < 4.78 is 5.30. The molecule has 1 heterocycles. The smallest absolute Gasteiger partial charge is 0.119 e. The second-order valence-corrected chi connectivity index (χ2v) is 5.87. The van der Waals surface area contributed by atoms with E-state index >= 15 is 0 Å². The van der Waals surface area contributed by atoms with Gasteiger partial charge in [0.2, 0.25) is 0 Å². The third-order valence-electron chi connectivity index (χ3n) is 4.24. The van der Waals surface area contributed by atoms with E-state index in [0.29, 0.717) is 6.04 Å². The molecule has 0 aliphatic carbocycles. The molecule has 1 aliphatic rings. The van der Waals surface area contributed by atoms with Crippen LogP contribution in [0, 0.1) is 0 Å². The van der Waals surface area contributed by atoms with Gasteiger partial charge in [-0.3, -0.25) is 4.90 Å². The van der Waals surface area contributed by atoms with Gasteiger partial charge in [0.1, 0.15) is 5.75 Å². The Balaban J connectivity index is 1.92. The van der Waals surface area contributed by atoms with E-state index in [4.69, 9.17) is 4.74 Å². The lowest BCUT2D eigenvalue weighted by Gasteiger charge is -2.38. The molecular weight excluding hydrogens is 234 g/mol. The molecule has 1 aliphatic heterocycles. The Labute approximate surface area is 117 Å². The minimum Gasteiger partial charge on any atom is -0.497 e. The monoisotopic (exact) mass is 261 g/mol. The maximum atomic E-state index is 5.30. The number of hydrogen-bond donors (Lipinski definition) is 0. The number of aryl methyl sites for hydroxylation is 1. The molecule has 0 aromatic heterocycles. The molecule has 0 spiro atoms. The van der Waals surface area contributed by atoms with E-state index in [-0.39, 0.29) is 0 Å². The van der Waals surface area contributed by atoms with E-state index in [1.165, 1.54) is 37.8 Å². The topological polar surface area (TPSA) is 12.5 Å². The van der Waals surface area contributed by atoms with Gasteiger partial charge in [0.25, 0.3) is 0 Å². The molecule has 1 atom stereocenters. The fourth-order valence-electron chi connectivity index (χ4n) is 3.17. The van der Waals surface area contributed by atoms with Crippen LogP contribution in [0.1, 0.15) is 45.1 Å². The quantitative estimate of drug-likeness (QED) is 0.797. The van der Waals surface area contributed by atoms with Crippen molar-refractivity contribution in [1.29, 1.82) is 0 Å². The van der Waals surface area contributed by atoms with E-state index in [9.17, 15) is 0 Å². The van der Waals surface area contributed by atoms with Gasteiger partial charge in [-0.05, 0) is 63.8 Å². The van der Waals surface area contributed by atoms with Crippen molar-refractivity contribution in [1.82, 2.24) is 4.90 Å². The molecule has 2 nitrogen and oxygen atoms in total. The second kappa shape index (κ2) is 6.95. The molecule has 1 fully saturated rings. The first kappa shape index (κ1) is 14.4. The fraction of sp³-hybridized carbons (Fsp3) is 0.647. The van der Waals surface area contributed by atoms with Crippen molar-refractivity contribution in [3.05, 3.63) is 29.8 Å². The molecule has 2 rings (SSSR count). The highest BCUT2D eigenvalue weighted by molar-refractivity contribution is 5.28. The van der Waals surface area contributed by atoms with Gasteiger partial charge in [-0.15, -0.1) is 0 Å². The summed E-state index contributed by atoms with van der Waals surface area (Å²) in [6.45, 7) is 5.92. The molecule has 0 N–H and O–H groups in total. The largest absolute Gasteiger partial charge is 0.497 e. The van der Waals surface area contributed by atoms with Crippen LogP contribution >= 0.6 is 0 Å². The number of nitrogens with zero attached hydrogens (tertiary/aromatic N) is 1. The van der Waals surface area contributed by atoms with Gasteiger partial charge in [-0.2, -0.15) is 0 Å². The molecule has 106 valence electrons. The number of likely N-dealkylation sites (tertiary alicyclic amines) is 1. The van der Waals surface area contributed by atoms with Crippen molar-refractivity contribution < 1.29 is 4.74 Å². The van der Waals surface area contributed by atoms with Crippen molar-refractivity contribution in [3.63, 3.8) is 0 Å². The van der Waals surface area contributed by atoms with Crippen molar-refractivity contribution in [2.75, 3.05) is 13.7 Å². The Bertz CT molecular complexity index is 389. The predicted molar refractivity (Wildman–Crippen MR) is 80.8 cm³/mol. The van der Waals surface area contributed by atoms with Gasteiger partial charge >= 0.3 is 0 Å². The van der Waals surface area contributed by atoms with Crippen molar-refractivity contribution >= 4 is 0 Å². The average molecular weight is 261 g/mol. The van der Waals surface area contributed by atoms with Crippen LogP contribution in [0.3, 0.4) is 0 Å². The lowest BCUT2D eigenvalue weighted by molar-refractivity contribution is 0.105. The lowest BCUT2D eigenvalue weighted by Crippen LogP contribution is -2.44. The number of rotatable bonds is 5. The van der Waals surface area contributed by atoms with Gasteiger partial charge in [0.05, 0.1) is 7.11 Å². The Hall–Kier alpha value is -1.02. The highest BCUT2D eigenvalue weighted by Gasteiger charge is 2.23. The molecule has 1 aromatic rings. The van der Waals surface area contributed by atoms with Crippen LogP contribution in [0.4, 0.5) is 0 Å². The first-order valence-electron chi connectivity index (χ1n) is 7.59. The second-order valence-electron chi connectivity index (χ2n) is 5.87. The Morgan fingerprint density at radius 3 is 2.89 bits per heavy atom. The van der Waals surface area contributed by atoms with Crippen molar-refractivity contribution in [3.8, 4) is 5.75 Å². The molecule has 19 heavy (non-hydrogen) atoms. The van der Waals surface area contributed by atoms with Gasteiger partial charge in [-0.1, -0.05) is 18.6 Å². The molecule has 1 aromatic carbocycles. The predicted octanol–water partition coefficient (Wildman–Crippen LogP) is 3.89. The summed E-state index contributed by atoms with van der Waals surface area (Å²) in [6, 6.07) is 9.93. The minimum absolute atomic E-state index is 0.676. The molecule has 1 unspecified atom stereocenters. The SMILES string of the molecule is COc1cccc(CCC2CCCCN2C(C)C)c1. The van der Waals surface area contributed by atoms with Crippen molar-refractivity contribution in [2.24, 2.45) is 0 Å². The Kier molecular flexibility index (Phi) is 5.26. The molecule has 0 bridgehead atoms. The number of benzene rings is 1. The number of piperidine rings is 1. The first-order chi connectivity index (χ1) is 9.20.